The number of aryl methyl sites for hydroxylation is 1. The van der Waals surface area contributed by atoms with Crippen molar-refractivity contribution < 1.29 is 17.6 Å². The second kappa shape index (κ2) is 7.46. The fourth-order valence-corrected chi connectivity index (χ4v) is 4.29. The molecule has 0 bridgehead atoms. The number of sulfonamides is 1. The van der Waals surface area contributed by atoms with Gasteiger partial charge >= 0.3 is 0 Å². The lowest BCUT2D eigenvalue weighted by molar-refractivity contribution is -0.116. The van der Waals surface area contributed by atoms with E-state index in [1.54, 1.807) is 23.1 Å². The van der Waals surface area contributed by atoms with E-state index in [0.29, 0.717) is 16.6 Å². The van der Waals surface area contributed by atoms with Gasteiger partial charge in [-0.05, 0) is 70.2 Å². The number of fused-ring (bicyclic) bond motifs is 1. The Bertz CT molecular complexity index is 963. The summed E-state index contributed by atoms with van der Waals surface area (Å²) in [7, 11) is -3.74. The second-order valence-electron chi connectivity index (χ2n) is 6.14. The summed E-state index contributed by atoms with van der Waals surface area (Å²) >= 11 is 3.06. The predicted molar refractivity (Wildman–Crippen MR) is 101 cm³/mol. The highest BCUT2D eigenvalue weighted by Gasteiger charge is 2.23. The fourth-order valence-electron chi connectivity index (χ4n) is 2.98. The molecule has 0 fully saturated rings. The number of nitrogens with zero attached hydrogens (tertiary/aromatic N) is 1. The molecular weight excluding hydrogens is 423 g/mol. The molecular formula is C18H18BrFN2O3S. The third kappa shape index (κ3) is 3.97. The lowest BCUT2D eigenvalue weighted by Crippen LogP contribution is -2.33. The Morgan fingerprint density at radius 2 is 2.04 bits per heavy atom. The van der Waals surface area contributed by atoms with Crippen molar-refractivity contribution in [1.82, 2.24) is 4.72 Å². The third-order valence-electron chi connectivity index (χ3n) is 4.31. The Morgan fingerprint density at radius 1 is 1.27 bits per heavy atom. The van der Waals surface area contributed by atoms with E-state index in [0.717, 1.165) is 24.1 Å². The molecule has 0 radical (unpaired) electrons. The molecule has 8 heteroatoms. The largest absolute Gasteiger partial charge is 0.312 e. The second-order valence-corrected chi connectivity index (χ2v) is 8.76. The van der Waals surface area contributed by atoms with Crippen molar-refractivity contribution >= 4 is 37.5 Å². The Morgan fingerprint density at radius 3 is 2.73 bits per heavy atom. The van der Waals surface area contributed by atoms with Gasteiger partial charge in [0.15, 0.2) is 0 Å². The van der Waals surface area contributed by atoms with Crippen LogP contribution in [0, 0.1) is 5.82 Å². The molecule has 2 aromatic rings. The van der Waals surface area contributed by atoms with Crippen LogP contribution in [-0.2, 0) is 27.8 Å². The Labute approximate surface area is 160 Å². The van der Waals surface area contributed by atoms with E-state index < -0.39 is 15.8 Å². The minimum Gasteiger partial charge on any atom is -0.312 e. The van der Waals surface area contributed by atoms with Gasteiger partial charge in [-0.2, -0.15) is 0 Å². The van der Waals surface area contributed by atoms with Gasteiger partial charge in [-0.15, -0.1) is 0 Å². The maximum Gasteiger partial charge on any atom is 0.240 e. The van der Waals surface area contributed by atoms with E-state index in [9.17, 15) is 17.6 Å². The van der Waals surface area contributed by atoms with E-state index in [1.165, 1.54) is 25.1 Å². The monoisotopic (exact) mass is 440 g/mol. The van der Waals surface area contributed by atoms with Gasteiger partial charge in [-0.1, -0.05) is 6.07 Å². The van der Waals surface area contributed by atoms with Crippen molar-refractivity contribution in [2.24, 2.45) is 0 Å². The number of nitrogens with one attached hydrogen (secondary N) is 1. The van der Waals surface area contributed by atoms with Crippen molar-refractivity contribution in [1.29, 1.82) is 0 Å². The topological polar surface area (TPSA) is 66.5 Å². The first kappa shape index (κ1) is 19.0. The number of anilines is 1. The first-order valence-corrected chi connectivity index (χ1v) is 10.4. The highest BCUT2D eigenvalue weighted by Crippen LogP contribution is 2.29. The van der Waals surface area contributed by atoms with E-state index in [2.05, 4.69) is 20.7 Å². The smallest absolute Gasteiger partial charge is 0.240 e. The van der Waals surface area contributed by atoms with Crippen molar-refractivity contribution in [2.45, 2.75) is 31.2 Å². The first-order chi connectivity index (χ1) is 12.3. The number of rotatable bonds is 4. The molecule has 1 N–H and O–H groups in total. The van der Waals surface area contributed by atoms with Gasteiger partial charge in [0.25, 0.3) is 0 Å². The fraction of sp³-hybridized carbons (Fsp3) is 0.278. The Kier molecular flexibility index (Phi) is 5.45. The number of amides is 1. The van der Waals surface area contributed by atoms with Crippen LogP contribution in [0.5, 0.6) is 0 Å². The highest BCUT2D eigenvalue weighted by atomic mass is 79.9. The average Bonchev–Trinajstić information content (AvgIpc) is 2.61. The molecule has 0 saturated heterocycles. The van der Waals surface area contributed by atoms with Crippen molar-refractivity contribution in [3.63, 3.8) is 0 Å². The summed E-state index contributed by atoms with van der Waals surface area (Å²) in [5, 5.41) is 0. The van der Waals surface area contributed by atoms with Crippen LogP contribution in [0.25, 0.3) is 0 Å². The molecule has 5 nitrogen and oxygen atoms in total. The number of carbonyl (C=O) groups excluding carboxylic acids is 1. The van der Waals surface area contributed by atoms with Gasteiger partial charge < -0.3 is 4.90 Å². The van der Waals surface area contributed by atoms with E-state index in [4.69, 9.17) is 0 Å². The van der Waals surface area contributed by atoms with Crippen LogP contribution in [0.2, 0.25) is 0 Å². The molecule has 0 aliphatic carbocycles. The van der Waals surface area contributed by atoms with Crippen LogP contribution in [0.4, 0.5) is 10.1 Å². The number of halogens is 2. The van der Waals surface area contributed by atoms with Crippen LogP contribution in [0.1, 0.15) is 24.5 Å². The lowest BCUT2D eigenvalue weighted by Gasteiger charge is -2.28. The van der Waals surface area contributed by atoms with E-state index in [-0.39, 0.29) is 17.3 Å². The number of hydrogen-bond donors (Lipinski definition) is 1. The van der Waals surface area contributed by atoms with Crippen LogP contribution >= 0.6 is 15.9 Å². The summed E-state index contributed by atoms with van der Waals surface area (Å²) in [4.78, 5) is 13.5. The first-order valence-electron chi connectivity index (χ1n) is 8.12. The molecule has 0 aromatic heterocycles. The minimum absolute atomic E-state index is 0.0107. The van der Waals surface area contributed by atoms with E-state index >= 15 is 0 Å². The Balaban J connectivity index is 1.81. The van der Waals surface area contributed by atoms with Gasteiger partial charge in [0, 0.05) is 25.7 Å². The molecule has 0 atom stereocenters. The molecule has 0 spiro atoms. The zero-order valence-electron chi connectivity index (χ0n) is 14.1. The predicted octanol–water partition coefficient (Wildman–Crippen LogP) is 3.37. The van der Waals surface area contributed by atoms with Gasteiger partial charge in [-0.3, -0.25) is 4.79 Å². The van der Waals surface area contributed by atoms with Gasteiger partial charge in [-0.25, -0.2) is 17.5 Å². The van der Waals surface area contributed by atoms with E-state index in [1.807, 2.05) is 0 Å². The molecule has 1 aliphatic heterocycles. The molecule has 2 aromatic carbocycles. The van der Waals surface area contributed by atoms with Gasteiger partial charge in [0.2, 0.25) is 15.9 Å². The molecule has 1 heterocycles. The third-order valence-corrected chi connectivity index (χ3v) is 6.35. The quantitative estimate of drug-likeness (QED) is 0.792. The van der Waals surface area contributed by atoms with Crippen LogP contribution < -0.4 is 9.62 Å². The minimum atomic E-state index is -3.74. The zero-order chi connectivity index (χ0) is 18.9. The highest BCUT2D eigenvalue weighted by molar-refractivity contribution is 9.10. The molecule has 3 rings (SSSR count). The number of hydrogen-bond acceptors (Lipinski definition) is 3. The van der Waals surface area contributed by atoms with Gasteiger partial charge in [0.1, 0.15) is 5.82 Å². The maximum absolute atomic E-state index is 13.6. The van der Waals surface area contributed by atoms with Crippen LogP contribution in [0.3, 0.4) is 0 Å². The number of benzene rings is 2. The normalized spacial score (nSPS) is 14.2. The average molecular weight is 441 g/mol. The molecule has 1 aliphatic rings. The van der Waals surface area contributed by atoms with Gasteiger partial charge in [0.05, 0.1) is 9.37 Å². The molecule has 1 amide bonds. The summed E-state index contributed by atoms with van der Waals surface area (Å²) in [5.41, 5.74) is 2.12. The van der Waals surface area contributed by atoms with Crippen LogP contribution in [0.15, 0.2) is 45.8 Å². The SMILES string of the molecule is CC(=O)N1CCCc2cc(S(=O)(=O)NCc3ccc(Br)c(F)c3)ccc21. The molecule has 138 valence electrons. The summed E-state index contributed by atoms with van der Waals surface area (Å²) in [5.74, 6) is -0.503. The molecule has 0 saturated carbocycles. The summed E-state index contributed by atoms with van der Waals surface area (Å²) < 4.78 is 41.5. The Hall–Kier alpha value is -1.77. The maximum atomic E-state index is 13.6. The van der Waals surface area contributed by atoms with Crippen molar-refractivity contribution in [3.05, 3.63) is 57.8 Å². The zero-order valence-corrected chi connectivity index (χ0v) is 16.5. The lowest BCUT2D eigenvalue weighted by atomic mass is 10.0. The van der Waals surface area contributed by atoms with Crippen LogP contribution in [-0.4, -0.2) is 20.9 Å². The van der Waals surface area contributed by atoms with Crippen molar-refractivity contribution in [2.75, 3.05) is 11.4 Å². The standard InChI is InChI=1S/C18H18BrFN2O3S/c1-12(23)22-8-2-3-14-10-15(5-7-18(14)22)26(24,25)21-11-13-4-6-16(19)17(20)9-13/h4-7,9-10,21H,2-3,8,11H2,1H3. The van der Waals surface area contributed by atoms with Crippen molar-refractivity contribution in [3.8, 4) is 0 Å². The number of carbonyl (C=O) groups is 1. The summed E-state index contributed by atoms with van der Waals surface area (Å²) in [6.07, 6.45) is 1.52. The summed E-state index contributed by atoms with van der Waals surface area (Å²) in [6.45, 7) is 2.13. The summed E-state index contributed by atoms with van der Waals surface area (Å²) in [6, 6.07) is 9.23. The molecule has 26 heavy (non-hydrogen) atoms. The molecule has 0 unspecified atom stereocenters.